The molecule has 0 bridgehead atoms. The molecule has 2 rings (SSSR count). The van der Waals surface area contributed by atoms with Crippen LogP contribution < -0.4 is 0 Å². The molecule has 0 aliphatic carbocycles. The quantitative estimate of drug-likeness (QED) is 0.456. The van der Waals surface area contributed by atoms with Crippen LogP contribution in [0.1, 0.15) is 5.69 Å². The molecule has 1 heterocycles. The van der Waals surface area contributed by atoms with Crippen molar-refractivity contribution in [3.8, 4) is 0 Å². The van der Waals surface area contributed by atoms with Crippen LogP contribution in [0, 0.1) is 0 Å². The van der Waals surface area contributed by atoms with Gasteiger partial charge in [-0.05, 0) is 18.2 Å². The van der Waals surface area contributed by atoms with Crippen LogP contribution in [0.5, 0.6) is 0 Å². The molecule has 10 heteroatoms. The second-order valence-electron chi connectivity index (χ2n) is 4.43. The van der Waals surface area contributed by atoms with Gasteiger partial charge in [0.05, 0.1) is 27.2 Å². The molecular weight excluding hydrogens is 369 g/mol. The van der Waals surface area contributed by atoms with Crippen molar-refractivity contribution in [1.82, 2.24) is 9.97 Å². The first-order chi connectivity index (χ1) is 10.8. The van der Waals surface area contributed by atoms with E-state index in [4.69, 9.17) is 23.2 Å². The van der Waals surface area contributed by atoms with Gasteiger partial charge < -0.3 is 0 Å². The molecule has 120 valence electrons. The number of halogens is 5. The number of benzene rings is 1. The Morgan fingerprint density at radius 3 is 2.61 bits per heavy atom. The van der Waals surface area contributed by atoms with E-state index < -0.39 is 11.9 Å². The molecule has 0 unspecified atom stereocenters. The Labute approximate surface area is 145 Å². The van der Waals surface area contributed by atoms with Gasteiger partial charge in [-0.2, -0.15) is 13.2 Å². The minimum atomic E-state index is -4.28. The molecule has 0 fully saturated rings. The van der Waals surface area contributed by atoms with Gasteiger partial charge in [0, 0.05) is 16.7 Å². The van der Waals surface area contributed by atoms with Crippen molar-refractivity contribution in [3.63, 3.8) is 0 Å². The summed E-state index contributed by atoms with van der Waals surface area (Å²) in [4.78, 5) is 12.4. The molecule has 2 aromatic rings. The Bertz CT molecular complexity index is 726. The van der Waals surface area contributed by atoms with Gasteiger partial charge in [0.15, 0.2) is 7.85 Å². The van der Waals surface area contributed by atoms with Crippen LogP contribution in [0.3, 0.4) is 0 Å². The van der Waals surface area contributed by atoms with Crippen molar-refractivity contribution < 1.29 is 13.2 Å². The molecule has 0 N–H and O–H groups in total. The topological polar surface area (TPSA) is 38.1 Å². The molecule has 0 aliphatic heterocycles. The Kier molecular flexibility index (Phi) is 5.94. The third-order valence-electron chi connectivity index (χ3n) is 2.63. The van der Waals surface area contributed by atoms with Gasteiger partial charge in [-0.3, -0.25) is 4.99 Å². The molecule has 0 saturated carbocycles. The van der Waals surface area contributed by atoms with Gasteiger partial charge in [-0.25, -0.2) is 9.97 Å². The summed E-state index contributed by atoms with van der Waals surface area (Å²) in [6.45, 7) is 0. The molecule has 0 spiro atoms. The van der Waals surface area contributed by atoms with E-state index in [1.165, 1.54) is 18.5 Å². The van der Waals surface area contributed by atoms with E-state index in [0.717, 1.165) is 0 Å². The zero-order valence-electron chi connectivity index (χ0n) is 11.7. The van der Waals surface area contributed by atoms with Crippen LogP contribution in [-0.2, 0) is 0 Å². The second kappa shape index (κ2) is 7.55. The van der Waals surface area contributed by atoms with E-state index in [1.54, 1.807) is 20.1 Å². The number of thioether (sulfide) groups is 1. The second-order valence-corrected chi connectivity index (χ2v) is 6.26. The molecule has 0 saturated heterocycles. The van der Waals surface area contributed by atoms with Gasteiger partial charge in [0.2, 0.25) is 0 Å². The number of aliphatic imine (C=N–C) groups is 1. The van der Waals surface area contributed by atoms with Crippen LogP contribution in [-0.4, -0.2) is 35.4 Å². The summed E-state index contributed by atoms with van der Waals surface area (Å²) in [5, 5.41) is 0.405. The molecule has 0 amide bonds. The number of rotatable bonds is 4. The van der Waals surface area contributed by atoms with Gasteiger partial charge in [-0.1, -0.05) is 23.2 Å². The van der Waals surface area contributed by atoms with Crippen LogP contribution in [0.2, 0.25) is 10.0 Å². The maximum absolute atomic E-state index is 12.4. The lowest BCUT2D eigenvalue weighted by atomic mass is 9.97. The first kappa shape index (κ1) is 18.1. The minimum absolute atomic E-state index is 0.155. The standard InChI is InChI=1S/C13H9BCl2F3N3S/c14-12(9-1-2-20-6-21-9)22-10-4-11(8(16)3-7(10)15)23-5-13(17,18)19/h1-4,6H,5,14H2/b22-12-. The Morgan fingerprint density at radius 2 is 2.00 bits per heavy atom. The Balaban J connectivity index is 2.32. The smallest absolute Gasteiger partial charge is 0.260 e. The fourth-order valence-corrected chi connectivity index (χ4v) is 2.92. The number of aromatic nitrogens is 2. The predicted molar refractivity (Wildman–Crippen MR) is 90.0 cm³/mol. The molecular formula is C13H9BCl2F3N3S. The van der Waals surface area contributed by atoms with Crippen molar-refractivity contribution in [2.45, 2.75) is 11.1 Å². The van der Waals surface area contributed by atoms with Crippen molar-refractivity contribution in [2.24, 2.45) is 4.99 Å². The summed E-state index contributed by atoms with van der Waals surface area (Å²) >= 11 is 12.6. The largest absolute Gasteiger partial charge is 0.398 e. The molecule has 3 nitrogen and oxygen atoms in total. The number of nitrogens with zero attached hydrogens (tertiary/aromatic N) is 3. The molecule has 0 atom stereocenters. The van der Waals surface area contributed by atoms with Crippen LogP contribution in [0.25, 0.3) is 0 Å². The average molecular weight is 378 g/mol. The van der Waals surface area contributed by atoms with Gasteiger partial charge >= 0.3 is 6.18 Å². The summed E-state index contributed by atoms with van der Waals surface area (Å²) in [6, 6.07) is 4.49. The zero-order chi connectivity index (χ0) is 17.0. The lowest BCUT2D eigenvalue weighted by molar-refractivity contribution is -0.105. The molecule has 1 aromatic carbocycles. The highest BCUT2D eigenvalue weighted by Gasteiger charge is 2.27. The average Bonchev–Trinajstić information content (AvgIpc) is 2.48. The normalized spacial score (nSPS) is 12.5. The summed E-state index contributed by atoms with van der Waals surface area (Å²) in [5.74, 6) is -1.04. The monoisotopic (exact) mass is 377 g/mol. The lowest BCUT2D eigenvalue weighted by Gasteiger charge is -2.10. The number of hydrogen-bond acceptors (Lipinski definition) is 4. The zero-order valence-corrected chi connectivity index (χ0v) is 14.1. The summed E-state index contributed by atoms with van der Waals surface area (Å²) < 4.78 is 37.1. The van der Waals surface area contributed by atoms with E-state index in [9.17, 15) is 13.2 Å². The maximum Gasteiger partial charge on any atom is 0.398 e. The van der Waals surface area contributed by atoms with Crippen molar-refractivity contribution in [3.05, 3.63) is 46.5 Å². The van der Waals surface area contributed by atoms with Gasteiger partial charge in [0.1, 0.15) is 6.33 Å². The first-order valence-electron chi connectivity index (χ1n) is 6.26. The van der Waals surface area contributed by atoms with Crippen molar-refractivity contribution in [2.75, 3.05) is 5.75 Å². The van der Waals surface area contributed by atoms with Gasteiger partial charge in [0.25, 0.3) is 0 Å². The summed E-state index contributed by atoms with van der Waals surface area (Å²) in [6.07, 6.45) is -1.34. The van der Waals surface area contributed by atoms with E-state index in [0.29, 0.717) is 28.8 Å². The third kappa shape index (κ3) is 5.40. The number of alkyl halides is 3. The molecule has 0 aliphatic rings. The SMILES string of the molecule is B/C(=N\c1cc(SCC(F)(F)F)c(Cl)cc1Cl)c1ccncn1. The maximum atomic E-state index is 12.4. The highest BCUT2D eigenvalue weighted by molar-refractivity contribution is 7.99. The highest BCUT2D eigenvalue weighted by Crippen LogP contribution is 2.38. The van der Waals surface area contributed by atoms with Gasteiger partial charge in [-0.15, -0.1) is 11.8 Å². The fraction of sp³-hybridized carbons (Fsp3) is 0.154. The Hall–Kier alpha value is -1.25. The number of hydrogen-bond donors (Lipinski definition) is 0. The Morgan fingerprint density at radius 1 is 1.26 bits per heavy atom. The molecule has 1 aromatic heterocycles. The van der Waals surface area contributed by atoms with E-state index >= 15 is 0 Å². The van der Waals surface area contributed by atoms with Crippen molar-refractivity contribution >= 4 is 54.1 Å². The minimum Gasteiger partial charge on any atom is -0.260 e. The molecule has 23 heavy (non-hydrogen) atoms. The lowest BCUT2D eigenvalue weighted by Crippen LogP contribution is -2.10. The highest BCUT2D eigenvalue weighted by atomic mass is 35.5. The summed E-state index contributed by atoms with van der Waals surface area (Å²) in [5.41, 5.74) is 1.48. The van der Waals surface area contributed by atoms with E-state index in [-0.39, 0.29) is 14.9 Å². The summed E-state index contributed by atoms with van der Waals surface area (Å²) in [7, 11) is 1.72. The molecule has 0 radical (unpaired) electrons. The van der Waals surface area contributed by atoms with Crippen LogP contribution in [0.15, 0.2) is 40.6 Å². The van der Waals surface area contributed by atoms with E-state index in [2.05, 4.69) is 15.0 Å². The fourth-order valence-electron chi connectivity index (χ4n) is 1.62. The van der Waals surface area contributed by atoms with Crippen LogP contribution in [0.4, 0.5) is 18.9 Å². The van der Waals surface area contributed by atoms with Crippen LogP contribution >= 0.6 is 35.0 Å². The van der Waals surface area contributed by atoms with E-state index in [1.807, 2.05) is 0 Å². The third-order valence-corrected chi connectivity index (χ3v) is 4.48. The first-order valence-corrected chi connectivity index (χ1v) is 8.00. The predicted octanol–water partition coefficient (Wildman–Crippen LogP) is 4.15. The van der Waals surface area contributed by atoms with Crippen molar-refractivity contribution in [1.29, 1.82) is 0 Å².